The van der Waals surface area contributed by atoms with Crippen LogP contribution in [0.5, 0.6) is 0 Å². The lowest BCUT2D eigenvalue weighted by atomic mass is 10.1. The van der Waals surface area contributed by atoms with Crippen molar-refractivity contribution in [2.24, 2.45) is 0 Å². The molecule has 0 unspecified atom stereocenters. The Kier molecular flexibility index (Phi) is 18.0. The van der Waals surface area contributed by atoms with E-state index in [1.54, 1.807) is 19.3 Å². The molecule has 0 aliphatic rings. The highest BCUT2D eigenvalue weighted by atomic mass is 16.5. The molecular weight excluding hydrogens is 244 g/mol. The highest BCUT2D eigenvalue weighted by Gasteiger charge is 1.85. The molecule has 0 bridgehead atoms. The van der Waals surface area contributed by atoms with Crippen molar-refractivity contribution in [2.75, 3.05) is 13.7 Å². The number of ether oxygens (including phenoxy) is 1. The lowest BCUT2D eigenvalue weighted by Gasteiger charge is -1.95. The average Bonchev–Trinajstić information content (AvgIpc) is 2.51. The van der Waals surface area contributed by atoms with Crippen LogP contribution in [0.15, 0.2) is 67.3 Å². The summed E-state index contributed by atoms with van der Waals surface area (Å²) >= 11 is 0. The molecule has 0 fully saturated rings. The Morgan fingerprint density at radius 3 is 2.15 bits per heavy atom. The maximum Gasteiger partial charge on any atom is 0.0712 e. The molecule has 0 aromatic heterocycles. The second-order valence-corrected chi connectivity index (χ2v) is 3.85. The zero-order chi connectivity index (χ0) is 15.6. The van der Waals surface area contributed by atoms with Gasteiger partial charge in [-0.25, -0.2) is 0 Å². The molecule has 0 saturated heterocycles. The first-order valence-electron chi connectivity index (χ1n) is 7.25. The van der Waals surface area contributed by atoms with Gasteiger partial charge in [-0.15, -0.1) is 0 Å². The van der Waals surface area contributed by atoms with Crippen LogP contribution in [-0.2, 0) is 11.2 Å². The highest BCUT2D eigenvalue weighted by molar-refractivity contribution is 5.21. The van der Waals surface area contributed by atoms with Crippen molar-refractivity contribution >= 4 is 0 Å². The Morgan fingerprint density at radius 1 is 1.15 bits per heavy atom. The number of benzene rings is 1. The topological polar surface area (TPSA) is 9.23 Å². The van der Waals surface area contributed by atoms with Gasteiger partial charge in [-0.3, -0.25) is 0 Å². The van der Waals surface area contributed by atoms with Gasteiger partial charge in [-0.2, -0.15) is 0 Å². The van der Waals surface area contributed by atoms with Crippen molar-refractivity contribution in [3.05, 3.63) is 72.9 Å². The van der Waals surface area contributed by atoms with Crippen LogP contribution in [0.2, 0.25) is 0 Å². The van der Waals surface area contributed by atoms with Gasteiger partial charge in [0, 0.05) is 7.11 Å². The largest absolute Gasteiger partial charge is 0.380 e. The van der Waals surface area contributed by atoms with Crippen LogP contribution in [0.4, 0.5) is 0 Å². The van der Waals surface area contributed by atoms with Crippen LogP contribution < -0.4 is 0 Å². The van der Waals surface area contributed by atoms with Crippen LogP contribution in [0.3, 0.4) is 0 Å². The minimum atomic E-state index is 0.607. The number of hydrogen-bond acceptors (Lipinski definition) is 1. The van der Waals surface area contributed by atoms with Crippen LogP contribution >= 0.6 is 0 Å². The zero-order valence-corrected chi connectivity index (χ0v) is 13.6. The summed E-state index contributed by atoms with van der Waals surface area (Å²) in [5, 5.41) is 0. The van der Waals surface area contributed by atoms with E-state index in [2.05, 4.69) is 50.4 Å². The predicted octanol–water partition coefficient (Wildman–Crippen LogP) is 5.60. The summed E-state index contributed by atoms with van der Waals surface area (Å²) in [6.07, 6.45) is 7.79. The SMILES string of the molecule is C=C/C=C(\C=C)COC.CC.CCCc1ccccc1. The number of rotatable bonds is 6. The third kappa shape index (κ3) is 12.8. The molecule has 1 rings (SSSR count). The van der Waals surface area contributed by atoms with Crippen molar-refractivity contribution in [3.63, 3.8) is 0 Å². The monoisotopic (exact) mass is 274 g/mol. The van der Waals surface area contributed by atoms with E-state index in [0.29, 0.717) is 6.61 Å². The average molecular weight is 274 g/mol. The van der Waals surface area contributed by atoms with Crippen LogP contribution in [0.1, 0.15) is 32.8 Å². The zero-order valence-electron chi connectivity index (χ0n) is 13.6. The fourth-order valence-corrected chi connectivity index (χ4v) is 1.43. The van der Waals surface area contributed by atoms with E-state index in [1.807, 2.05) is 19.9 Å². The summed E-state index contributed by atoms with van der Waals surface area (Å²) in [7, 11) is 1.65. The quantitative estimate of drug-likeness (QED) is 0.614. The van der Waals surface area contributed by atoms with Gasteiger partial charge >= 0.3 is 0 Å². The minimum Gasteiger partial charge on any atom is -0.380 e. The molecule has 0 amide bonds. The van der Waals surface area contributed by atoms with Crippen LogP contribution in [0, 0.1) is 0 Å². The first-order valence-corrected chi connectivity index (χ1v) is 7.25. The predicted molar refractivity (Wildman–Crippen MR) is 92.1 cm³/mol. The van der Waals surface area contributed by atoms with Crippen molar-refractivity contribution in [1.29, 1.82) is 0 Å². The number of hydrogen-bond donors (Lipinski definition) is 0. The summed E-state index contributed by atoms with van der Waals surface area (Å²) in [4.78, 5) is 0. The molecule has 0 N–H and O–H groups in total. The molecule has 1 aromatic rings. The van der Waals surface area contributed by atoms with Crippen molar-refractivity contribution in [1.82, 2.24) is 0 Å². The number of methoxy groups -OCH3 is 1. The van der Waals surface area contributed by atoms with Crippen molar-refractivity contribution in [3.8, 4) is 0 Å². The van der Waals surface area contributed by atoms with Gasteiger partial charge in [-0.1, -0.05) is 88.9 Å². The molecule has 112 valence electrons. The van der Waals surface area contributed by atoms with Gasteiger partial charge < -0.3 is 4.74 Å². The minimum absolute atomic E-state index is 0.607. The molecule has 0 saturated carbocycles. The summed E-state index contributed by atoms with van der Waals surface area (Å²) in [6, 6.07) is 10.6. The lowest BCUT2D eigenvalue weighted by Crippen LogP contribution is -1.89. The van der Waals surface area contributed by atoms with Crippen LogP contribution in [0.25, 0.3) is 0 Å². The van der Waals surface area contributed by atoms with E-state index in [9.17, 15) is 0 Å². The van der Waals surface area contributed by atoms with Gasteiger partial charge in [0.1, 0.15) is 0 Å². The van der Waals surface area contributed by atoms with Crippen LogP contribution in [-0.4, -0.2) is 13.7 Å². The fraction of sp³-hybridized carbons (Fsp3) is 0.368. The van der Waals surface area contributed by atoms with Gasteiger partial charge in [0.15, 0.2) is 0 Å². The third-order valence-corrected chi connectivity index (χ3v) is 2.29. The molecule has 0 spiro atoms. The number of aryl methyl sites for hydroxylation is 1. The molecule has 0 heterocycles. The van der Waals surface area contributed by atoms with Gasteiger partial charge in [0.25, 0.3) is 0 Å². The van der Waals surface area contributed by atoms with Crippen molar-refractivity contribution < 1.29 is 4.74 Å². The molecule has 1 nitrogen and oxygen atoms in total. The smallest absolute Gasteiger partial charge is 0.0712 e. The van der Waals surface area contributed by atoms with E-state index >= 15 is 0 Å². The molecule has 0 atom stereocenters. The fourth-order valence-electron chi connectivity index (χ4n) is 1.43. The summed E-state index contributed by atoms with van der Waals surface area (Å²) < 4.78 is 4.86. The maximum atomic E-state index is 4.86. The first kappa shape index (κ1) is 20.7. The highest BCUT2D eigenvalue weighted by Crippen LogP contribution is 2.00. The molecule has 1 heteroatoms. The Labute approximate surface area is 125 Å². The number of allylic oxidation sites excluding steroid dienone is 2. The van der Waals surface area contributed by atoms with Gasteiger partial charge in [0.05, 0.1) is 6.61 Å². The van der Waals surface area contributed by atoms with E-state index in [1.165, 1.54) is 18.4 Å². The third-order valence-electron chi connectivity index (χ3n) is 2.29. The van der Waals surface area contributed by atoms with E-state index < -0.39 is 0 Å². The molecule has 20 heavy (non-hydrogen) atoms. The first-order chi connectivity index (χ1) is 9.78. The molecular formula is C19H30O. The van der Waals surface area contributed by atoms with Crippen molar-refractivity contribution in [2.45, 2.75) is 33.6 Å². The van der Waals surface area contributed by atoms with E-state index in [-0.39, 0.29) is 0 Å². The standard InChI is InChI=1S/C9H12.C8H12O.C2H6/c1-2-6-9-7-4-3-5-8-9;1-4-6-8(5-2)7-9-3;1-2/h3-5,7-8H,2,6H2,1H3;4-6H,1-2,7H2,3H3;1-2H3/b;8-6+;. The van der Waals surface area contributed by atoms with Gasteiger partial charge in [0.2, 0.25) is 0 Å². The second-order valence-electron chi connectivity index (χ2n) is 3.85. The summed E-state index contributed by atoms with van der Waals surface area (Å²) in [6.45, 7) is 14.0. The molecule has 0 aliphatic heterocycles. The summed E-state index contributed by atoms with van der Waals surface area (Å²) in [5.74, 6) is 0. The normalized spacial score (nSPS) is 9.50. The maximum absolute atomic E-state index is 4.86. The Hall–Kier alpha value is -1.60. The Bertz CT molecular complexity index is 349. The Morgan fingerprint density at radius 2 is 1.75 bits per heavy atom. The molecule has 0 radical (unpaired) electrons. The lowest BCUT2D eigenvalue weighted by molar-refractivity contribution is 0.228. The van der Waals surface area contributed by atoms with E-state index in [0.717, 1.165) is 5.57 Å². The Balaban J connectivity index is 0. The molecule has 0 aliphatic carbocycles. The van der Waals surface area contributed by atoms with E-state index in [4.69, 9.17) is 4.74 Å². The molecule has 1 aromatic carbocycles. The summed E-state index contributed by atoms with van der Waals surface area (Å²) in [5.41, 5.74) is 2.49. The van der Waals surface area contributed by atoms with Gasteiger partial charge in [-0.05, 0) is 17.6 Å². The second kappa shape index (κ2) is 17.4.